The van der Waals surface area contributed by atoms with Crippen LogP contribution in [0.15, 0.2) is 77.8 Å². The third-order valence-electron chi connectivity index (χ3n) is 9.28. The molecule has 54 heavy (non-hydrogen) atoms. The van der Waals surface area contributed by atoms with Gasteiger partial charge in [0.25, 0.3) is 0 Å². The second-order valence-electron chi connectivity index (χ2n) is 14.1. The maximum Gasteiger partial charge on any atom is 0.407 e. The van der Waals surface area contributed by atoms with Crippen LogP contribution in [-0.4, -0.2) is 88.4 Å². The Morgan fingerprint density at radius 3 is 2.15 bits per heavy atom. The zero-order chi connectivity index (χ0) is 38.3. The van der Waals surface area contributed by atoms with Crippen LogP contribution in [0.2, 0.25) is 0 Å². The van der Waals surface area contributed by atoms with Gasteiger partial charge in [-0.3, -0.25) is 19.5 Å². The molecule has 4 amide bonds. The Hall–Kier alpha value is -4.66. The smallest absolute Gasteiger partial charge is 0.407 e. The molecule has 0 radical (unpaired) electrons. The first kappa shape index (κ1) is 40.5. The van der Waals surface area contributed by atoms with Gasteiger partial charge in [-0.15, -0.1) is 22.7 Å². The lowest BCUT2D eigenvalue weighted by atomic mass is 9.95. The van der Waals surface area contributed by atoms with Gasteiger partial charge in [0.1, 0.15) is 18.4 Å². The monoisotopic (exact) mass is 773 g/mol. The summed E-state index contributed by atoms with van der Waals surface area (Å²) in [6.07, 6.45) is 4.25. The second kappa shape index (κ2) is 20.7. The molecule has 0 aliphatic carbocycles. The lowest BCUT2D eigenvalue weighted by Crippen LogP contribution is -2.53. The molecule has 0 saturated carbocycles. The van der Waals surface area contributed by atoms with Crippen molar-refractivity contribution in [1.82, 2.24) is 35.7 Å². The van der Waals surface area contributed by atoms with Crippen LogP contribution >= 0.6 is 22.7 Å². The summed E-state index contributed by atoms with van der Waals surface area (Å²) in [5.41, 5.74) is 4.62. The van der Waals surface area contributed by atoms with E-state index in [0.29, 0.717) is 70.6 Å². The number of nitrogens with one attached hydrogen (secondary N) is 3. The summed E-state index contributed by atoms with van der Waals surface area (Å²) < 4.78 is 5.51. The molecule has 2 aromatic heterocycles. The first-order valence-electron chi connectivity index (χ1n) is 18.5. The summed E-state index contributed by atoms with van der Waals surface area (Å²) in [7, 11) is 1.69. The molecule has 1 aliphatic rings. The van der Waals surface area contributed by atoms with E-state index in [1.54, 1.807) is 30.1 Å². The van der Waals surface area contributed by atoms with E-state index in [9.17, 15) is 19.2 Å². The van der Waals surface area contributed by atoms with Crippen LogP contribution in [-0.2, 0) is 40.3 Å². The molecule has 5 rings (SSSR count). The number of nitrogens with zero attached hydrogens (tertiary/aromatic N) is 4. The molecule has 14 heteroatoms. The van der Waals surface area contributed by atoms with Crippen LogP contribution in [0.1, 0.15) is 72.2 Å². The number of ketones is 1. The number of ether oxygens (including phenoxy) is 1. The summed E-state index contributed by atoms with van der Waals surface area (Å²) in [4.78, 5) is 65.8. The highest BCUT2D eigenvalue weighted by Gasteiger charge is 2.28. The zero-order valence-electron chi connectivity index (χ0n) is 31.2. The van der Waals surface area contributed by atoms with Gasteiger partial charge in [-0.25, -0.2) is 14.6 Å². The molecule has 1 saturated heterocycles. The Labute approximate surface area is 325 Å². The summed E-state index contributed by atoms with van der Waals surface area (Å²) in [6.45, 7) is 6.10. The number of alkyl carbamates (subject to hydrolysis) is 1. The standard InChI is InChI=1S/C40H51N7O5S2/c1-28(2)38-43-33(26-53-38)23-46(3)39(50)45-36(17-19-47-18-16-34(48)24-47)37(49)42-31(20-29-10-6-4-7-11-29)14-15-32(21-30-12-8-5-9-13-30)44-40(51)52-25-35-22-41-27-54-35/h4-13,22,26-28,31-32,36H,14-21,23-25H2,1-3H3,(H,42,49)(H,44,51)(H,45,50)/t31-,32-,36+/m1/s1. The first-order chi connectivity index (χ1) is 26.1. The fraction of sp³-hybridized carbons (Fsp3) is 0.450. The largest absolute Gasteiger partial charge is 0.444 e. The predicted octanol–water partition coefficient (Wildman–Crippen LogP) is 5.94. The summed E-state index contributed by atoms with van der Waals surface area (Å²) in [5, 5.41) is 12.3. The molecule has 0 spiro atoms. The number of amides is 4. The molecule has 1 aliphatic heterocycles. The van der Waals surface area contributed by atoms with Crippen molar-refractivity contribution in [2.24, 2.45) is 0 Å². The number of hydrogen-bond acceptors (Lipinski definition) is 10. The maximum absolute atomic E-state index is 14.2. The number of hydrogen-bond donors (Lipinski definition) is 3. The molecule has 0 bridgehead atoms. The van der Waals surface area contributed by atoms with E-state index in [0.717, 1.165) is 26.7 Å². The fourth-order valence-corrected chi connectivity index (χ4v) is 7.64. The molecule has 0 unspecified atom stereocenters. The van der Waals surface area contributed by atoms with Gasteiger partial charge in [0.05, 0.1) is 34.2 Å². The molecule has 2 aromatic carbocycles. The van der Waals surface area contributed by atoms with Crippen molar-refractivity contribution >= 4 is 46.5 Å². The van der Waals surface area contributed by atoms with E-state index >= 15 is 0 Å². The third-order valence-corrected chi connectivity index (χ3v) is 11.2. The molecular formula is C40H51N7O5S2. The van der Waals surface area contributed by atoms with E-state index in [4.69, 9.17) is 4.74 Å². The maximum atomic E-state index is 14.2. The van der Waals surface area contributed by atoms with Crippen molar-refractivity contribution in [2.45, 2.75) is 89.6 Å². The van der Waals surface area contributed by atoms with E-state index in [1.165, 1.54) is 16.2 Å². The number of carbonyl (C=O) groups excluding carboxylic acids is 4. The van der Waals surface area contributed by atoms with Gasteiger partial charge in [-0.05, 0) is 43.2 Å². The number of carbonyl (C=O) groups is 4. The molecule has 1 fully saturated rings. The minimum absolute atomic E-state index is 0.137. The number of aromatic nitrogens is 2. The van der Waals surface area contributed by atoms with Crippen molar-refractivity contribution in [1.29, 1.82) is 0 Å². The number of rotatable bonds is 19. The first-order valence-corrected chi connectivity index (χ1v) is 20.3. The highest BCUT2D eigenvalue weighted by Crippen LogP contribution is 2.20. The number of urea groups is 1. The summed E-state index contributed by atoms with van der Waals surface area (Å²) in [6, 6.07) is 18.1. The van der Waals surface area contributed by atoms with Crippen LogP contribution in [0, 0.1) is 0 Å². The molecule has 3 atom stereocenters. The number of benzene rings is 2. The molecule has 4 aromatic rings. The van der Waals surface area contributed by atoms with E-state index in [2.05, 4.69) is 39.8 Å². The SMILES string of the molecule is CC(C)c1nc(CN(C)C(=O)N[C@@H](CCN2CCC(=O)C2)C(=O)N[C@H](CC[C@H](Cc2ccccc2)NC(=O)OCc2cncs2)Cc2ccccc2)cs1. The predicted molar refractivity (Wildman–Crippen MR) is 211 cm³/mol. The molecular weight excluding hydrogens is 723 g/mol. The fourth-order valence-electron chi connectivity index (χ4n) is 6.31. The normalized spacial score (nSPS) is 14.7. The quantitative estimate of drug-likeness (QED) is 0.106. The van der Waals surface area contributed by atoms with E-state index in [-0.39, 0.29) is 36.4 Å². The van der Waals surface area contributed by atoms with Crippen molar-refractivity contribution in [3.05, 3.63) is 104 Å². The van der Waals surface area contributed by atoms with Crippen molar-refractivity contribution < 1.29 is 23.9 Å². The van der Waals surface area contributed by atoms with E-state index in [1.807, 2.05) is 70.9 Å². The Bertz CT molecular complexity index is 1770. The van der Waals surface area contributed by atoms with Crippen molar-refractivity contribution in [3.63, 3.8) is 0 Å². The van der Waals surface area contributed by atoms with Crippen molar-refractivity contribution in [2.75, 3.05) is 26.7 Å². The second-order valence-corrected chi connectivity index (χ2v) is 16.0. The minimum atomic E-state index is -0.837. The Morgan fingerprint density at radius 1 is 0.907 bits per heavy atom. The summed E-state index contributed by atoms with van der Waals surface area (Å²) >= 11 is 2.99. The van der Waals surface area contributed by atoms with Crippen LogP contribution in [0.25, 0.3) is 0 Å². The Balaban J connectivity index is 1.28. The minimum Gasteiger partial charge on any atom is -0.444 e. The van der Waals surface area contributed by atoms with Crippen LogP contribution in [0.4, 0.5) is 9.59 Å². The van der Waals surface area contributed by atoms with Crippen LogP contribution in [0.5, 0.6) is 0 Å². The van der Waals surface area contributed by atoms with Gasteiger partial charge in [0.15, 0.2) is 0 Å². The Morgan fingerprint density at radius 2 is 1.57 bits per heavy atom. The number of Topliss-reactive ketones (excluding diaryl/α,β-unsaturated/α-hetero) is 1. The highest BCUT2D eigenvalue weighted by atomic mass is 32.1. The van der Waals surface area contributed by atoms with Gasteiger partial charge >= 0.3 is 12.1 Å². The lowest BCUT2D eigenvalue weighted by molar-refractivity contribution is -0.124. The van der Waals surface area contributed by atoms with Crippen LogP contribution < -0.4 is 16.0 Å². The summed E-state index contributed by atoms with van der Waals surface area (Å²) in [5.74, 6) is 0.179. The molecule has 12 nitrogen and oxygen atoms in total. The van der Waals surface area contributed by atoms with Crippen LogP contribution in [0.3, 0.4) is 0 Å². The van der Waals surface area contributed by atoms with Gasteiger partial charge in [0, 0.05) is 56.1 Å². The third kappa shape index (κ3) is 13.3. The van der Waals surface area contributed by atoms with E-state index < -0.39 is 12.1 Å². The van der Waals surface area contributed by atoms with Gasteiger partial charge in [-0.1, -0.05) is 74.5 Å². The van der Waals surface area contributed by atoms with Crippen molar-refractivity contribution in [3.8, 4) is 0 Å². The average molecular weight is 774 g/mol. The lowest BCUT2D eigenvalue weighted by Gasteiger charge is -2.28. The number of thiazole rings is 2. The molecule has 288 valence electrons. The number of likely N-dealkylation sites (tertiary alicyclic amines) is 1. The van der Waals surface area contributed by atoms with Gasteiger partial charge in [-0.2, -0.15) is 0 Å². The molecule has 3 heterocycles. The molecule has 3 N–H and O–H groups in total. The topological polar surface area (TPSA) is 146 Å². The average Bonchev–Trinajstić information content (AvgIpc) is 3.95. The van der Waals surface area contributed by atoms with Gasteiger partial charge < -0.3 is 25.6 Å². The zero-order valence-corrected chi connectivity index (χ0v) is 32.9. The highest BCUT2D eigenvalue weighted by molar-refractivity contribution is 7.09. The Kier molecular flexibility index (Phi) is 15.5. The van der Waals surface area contributed by atoms with Gasteiger partial charge in [0.2, 0.25) is 5.91 Å².